The zero-order chi connectivity index (χ0) is 13.4. The predicted molar refractivity (Wildman–Crippen MR) is 70.3 cm³/mol. The molecule has 3 heterocycles. The summed E-state index contributed by atoms with van der Waals surface area (Å²) in [5.41, 5.74) is 0.189. The van der Waals surface area contributed by atoms with Gasteiger partial charge in [0.05, 0.1) is 17.4 Å². The molecule has 0 aliphatic carbocycles. The number of fused-ring (bicyclic) bond motifs is 2. The van der Waals surface area contributed by atoms with E-state index >= 15 is 0 Å². The van der Waals surface area contributed by atoms with Crippen LogP contribution >= 0.6 is 23.4 Å². The minimum absolute atomic E-state index is 0.189. The third kappa shape index (κ3) is 2.11. The molecule has 1 aliphatic rings. The Kier molecular flexibility index (Phi) is 3.00. The highest BCUT2D eigenvalue weighted by molar-refractivity contribution is 7.99. The Morgan fingerprint density at radius 3 is 3.16 bits per heavy atom. The molecule has 0 spiro atoms. The van der Waals surface area contributed by atoms with Crippen LogP contribution in [0.5, 0.6) is 0 Å². The quantitative estimate of drug-likeness (QED) is 0.872. The van der Waals surface area contributed by atoms with Gasteiger partial charge in [-0.3, -0.25) is 4.79 Å². The molecule has 2 aromatic rings. The number of hydrogen-bond acceptors (Lipinski definition) is 6. The van der Waals surface area contributed by atoms with Crippen LogP contribution < -0.4 is 5.32 Å². The number of amides is 1. The van der Waals surface area contributed by atoms with E-state index in [0.29, 0.717) is 16.6 Å². The van der Waals surface area contributed by atoms with Gasteiger partial charge in [-0.05, 0) is 6.07 Å². The Hall–Kier alpha value is -1.86. The summed E-state index contributed by atoms with van der Waals surface area (Å²) in [4.78, 5) is 24.8. The Morgan fingerprint density at radius 2 is 2.37 bits per heavy atom. The zero-order valence-electron chi connectivity index (χ0n) is 9.68. The molecule has 0 saturated heterocycles. The third-order valence-corrected chi connectivity index (χ3v) is 3.69. The van der Waals surface area contributed by atoms with Crippen LogP contribution in [0.3, 0.4) is 0 Å². The Morgan fingerprint density at radius 1 is 1.53 bits per heavy atom. The number of carbonyl (C=O) groups excluding carboxylic acids is 1. The molecule has 2 aromatic heterocycles. The van der Waals surface area contributed by atoms with Crippen LogP contribution in [0.25, 0.3) is 0 Å². The van der Waals surface area contributed by atoms with Gasteiger partial charge >= 0.3 is 0 Å². The maximum absolute atomic E-state index is 11.5. The molecule has 0 aromatic carbocycles. The second-order valence-electron chi connectivity index (χ2n) is 3.58. The summed E-state index contributed by atoms with van der Waals surface area (Å²) in [5.74, 6) is 0.461. The van der Waals surface area contributed by atoms with Crippen molar-refractivity contribution in [2.24, 2.45) is 4.99 Å². The van der Waals surface area contributed by atoms with E-state index in [0.717, 1.165) is 4.90 Å². The van der Waals surface area contributed by atoms with E-state index in [2.05, 4.69) is 20.3 Å². The first kappa shape index (κ1) is 12.2. The smallest absolute Gasteiger partial charge is 0.271 e. The van der Waals surface area contributed by atoms with Crippen LogP contribution in [0.2, 0.25) is 0 Å². The minimum Gasteiger partial charge on any atom is -0.461 e. The molecule has 1 N–H and O–H groups in total. The molecular formula is C11H7ClN4O2S. The normalized spacial score (nSPS) is 13.1. The molecule has 0 saturated carbocycles. The summed E-state index contributed by atoms with van der Waals surface area (Å²) >= 11 is 7.40. The van der Waals surface area contributed by atoms with Crippen LogP contribution in [-0.2, 0) is 0 Å². The van der Waals surface area contributed by atoms with Crippen LogP contribution in [0, 0.1) is 0 Å². The average Bonchev–Trinajstić information content (AvgIpc) is 2.83. The maximum Gasteiger partial charge on any atom is 0.271 e. The molecule has 0 radical (unpaired) electrons. The van der Waals surface area contributed by atoms with Crippen molar-refractivity contribution >= 4 is 40.3 Å². The topological polar surface area (TPSA) is 80.4 Å². The van der Waals surface area contributed by atoms with Gasteiger partial charge in [-0.15, -0.1) is 0 Å². The van der Waals surface area contributed by atoms with Crippen molar-refractivity contribution in [1.82, 2.24) is 15.3 Å². The van der Waals surface area contributed by atoms with Crippen molar-refractivity contribution in [2.75, 3.05) is 7.05 Å². The van der Waals surface area contributed by atoms with Crippen molar-refractivity contribution in [3.8, 4) is 0 Å². The van der Waals surface area contributed by atoms with E-state index < -0.39 is 0 Å². The van der Waals surface area contributed by atoms with E-state index in [4.69, 9.17) is 16.0 Å². The molecule has 8 heteroatoms. The summed E-state index contributed by atoms with van der Waals surface area (Å²) < 4.78 is 5.26. The largest absolute Gasteiger partial charge is 0.461 e. The number of rotatable bonds is 1. The van der Waals surface area contributed by atoms with Crippen LogP contribution in [0.1, 0.15) is 16.2 Å². The number of furan rings is 1. The predicted octanol–water partition coefficient (Wildman–Crippen LogP) is 2.21. The van der Waals surface area contributed by atoms with Gasteiger partial charge < -0.3 is 9.73 Å². The van der Waals surface area contributed by atoms with Gasteiger partial charge in [0.25, 0.3) is 5.91 Å². The third-order valence-electron chi connectivity index (χ3n) is 2.41. The fraction of sp³-hybridized carbons (Fsp3) is 0.0909. The van der Waals surface area contributed by atoms with Crippen molar-refractivity contribution in [3.05, 3.63) is 30.0 Å². The summed E-state index contributed by atoms with van der Waals surface area (Å²) in [6, 6.07) is 1.78. The molecule has 1 amide bonds. The van der Waals surface area contributed by atoms with Crippen molar-refractivity contribution in [1.29, 1.82) is 0 Å². The second kappa shape index (κ2) is 4.67. The van der Waals surface area contributed by atoms with Crippen molar-refractivity contribution < 1.29 is 9.21 Å². The molecule has 19 heavy (non-hydrogen) atoms. The number of hydrogen-bond donors (Lipinski definition) is 1. The Bertz CT molecular complexity index is 698. The van der Waals surface area contributed by atoms with Crippen LogP contribution in [0.15, 0.2) is 37.9 Å². The van der Waals surface area contributed by atoms with Gasteiger partial charge in [-0.25, -0.2) is 15.0 Å². The number of halogens is 1. The van der Waals surface area contributed by atoms with Gasteiger partial charge in [-0.1, -0.05) is 23.4 Å². The summed E-state index contributed by atoms with van der Waals surface area (Å²) in [5, 5.41) is 3.24. The lowest BCUT2D eigenvalue weighted by Gasteiger charge is -2.02. The van der Waals surface area contributed by atoms with Gasteiger partial charge in [-0.2, -0.15) is 0 Å². The lowest BCUT2D eigenvalue weighted by molar-refractivity contribution is 0.0957. The summed E-state index contributed by atoms with van der Waals surface area (Å²) in [7, 11) is 1.52. The molecule has 0 unspecified atom stereocenters. The number of carbonyl (C=O) groups is 1. The molecule has 6 nitrogen and oxygen atoms in total. The monoisotopic (exact) mass is 294 g/mol. The highest BCUT2D eigenvalue weighted by Gasteiger charge is 2.22. The fourth-order valence-electron chi connectivity index (χ4n) is 1.53. The highest BCUT2D eigenvalue weighted by atomic mass is 35.5. The number of nitrogens with one attached hydrogen (secondary N) is 1. The van der Waals surface area contributed by atoms with E-state index in [1.807, 2.05) is 0 Å². The molecule has 0 fully saturated rings. The fourth-order valence-corrected chi connectivity index (χ4v) is 2.67. The molecular weight excluding hydrogens is 288 g/mol. The molecule has 96 valence electrons. The number of aliphatic imine (C=N–C) groups is 1. The van der Waals surface area contributed by atoms with Crippen LogP contribution in [-0.4, -0.2) is 28.1 Å². The number of nitrogens with zero attached hydrogens (tertiary/aromatic N) is 3. The van der Waals surface area contributed by atoms with Crippen molar-refractivity contribution in [3.63, 3.8) is 0 Å². The zero-order valence-corrected chi connectivity index (χ0v) is 11.2. The van der Waals surface area contributed by atoms with Gasteiger partial charge in [0.2, 0.25) is 0 Å². The van der Waals surface area contributed by atoms with Gasteiger partial charge in [0, 0.05) is 7.05 Å². The second-order valence-corrected chi connectivity index (χ2v) is 4.97. The lowest BCUT2D eigenvalue weighted by atomic mass is 10.4. The summed E-state index contributed by atoms with van der Waals surface area (Å²) in [6.45, 7) is 0. The first-order valence-electron chi connectivity index (χ1n) is 5.28. The first-order chi connectivity index (χ1) is 9.19. The highest BCUT2D eigenvalue weighted by Crippen LogP contribution is 2.38. The molecule has 3 rings (SSSR count). The lowest BCUT2D eigenvalue weighted by Crippen LogP contribution is -2.19. The van der Waals surface area contributed by atoms with Crippen LogP contribution in [0.4, 0.5) is 5.82 Å². The van der Waals surface area contributed by atoms with Gasteiger partial charge in [0.15, 0.2) is 16.7 Å². The van der Waals surface area contributed by atoms with Crippen molar-refractivity contribution in [2.45, 2.75) is 9.92 Å². The van der Waals surface area contributed by atoms with E-state index in [1.54, 1.807) is 6.07 Å². The minimum atomic E-state index is -0.326. The SMILES string of the molecule is CNC(=O)c1cnc2c(n1)N=C(Cl)c1occc1S2. The van der Waals surface area contributed by atoms with Gasteiger partial charge in [0.1, 0.15) is 10.7 Å². The van der Waals surface area contributed by atoms with E-state index in [1.165, 1.54) is 31.3 Å². The molecule has 0 atom stereocenters. The molecule has 0 bridgehead atoms. The Balaban J connectivity index is 2.12. The summed E-state index contributed by atoms with van der Waals surface area (Å²) in [6.07, 6.45) is 2.94. The Labute approximate surface area is 117 Å². The van der Waals surface area contributed by atoms with E-state index in [9.17, 15) is 4.79 Å². The number of aromatic nitrogens is 2. The molecule has 1 aliphatic heterocycles. The standard InChI is InChI=1S/C11H7ClN4O2S/c1-13-10(17)5-4-14-11-9(15-5)16-8(12)7-6(19-11)2-3-18-7/h2-4H,1H3,(H,13,17). The maximum atomic E-state index is 11.5. The van der Waals surface area contributed by atoms with E-state index in [-0.39, 0.29) is 16.8 Å². The first-order valence-corrected chi connectivity index (χ1v) is 6.47. The average molecular weight is 295 g/mol.